The molecule has 2 fully saturated rings. The molecule has 2 aromatic rings. The first-order valence-electron chi connectivity index (χ1n) is 11.9. The van der Waals surface area contributed by atoms with E-state index in [2.05, 4.69) is 74.0 Å². The molecular formula is C25H39IN6. The molecule has 0 amide bonds. The fraction of sp³-hybridized carbons (Fsp3) is 0.600. The number of aliphatic imine (C=N–C) groups is 1. The lowest BCUT2D eigenvalue weighted by Crippen LogP contribution is -2.48. The zero-order chi connectivity index (χ0) is 21.6. The van der Waals surface area contributed by atoms with E-state index in [1.54, 1.807) is 0 Å². The minimum atomic E-state index is 0. The number of imidazole rings is 1. The van der Waals surface area contributed by atoms with Gasteiger partial charge in [0.25, 0.3) is 0 Å². The second-order valence-corrected chi connectivity index (χ2v) is 9.42. The molecule has 4 rings (SSSR count). The first-order chi connectivity index (χ1) is 15.1. The number of likely N-dealkylation sites (tertiary alicyclic amines) is 2. The molecule has 1 aromatic carbocycles. The first kappa shape index (κ1) is 25.0. The van der Waals surface area contributed by atoms with Crippen molar-refractivity contribution < 1.29 is 0 Å². The van der Waals surface area contributed by atoms with Gasteiger partial charge in [-0.05, 0) is 55.3 Å². The summed E-state index contributed by atoms with van der Waals surface area (Å²) in [6.07, 6.45) is 9.69. The Morgan fingerprint density at radius 1 is 1.09 bits per heavy atom. The van der Waals surface area contributed by atoms with Crippen LogP contribution in [0.15, 0.2) is 48.0 Å². The SMILES string of the molecule is CN=C(NCc1ccccc1CN1CCC(C)CC1)N1CCC(C)C(n2ccnc2)C1.I. The Hall–Kier alpha value is -1.61. The number of hydrogen-bond donors (Lipinski definition) is 1. The van der Waals surface area contributed by atoms with Crippen LogP contribution in [-0.4, -0.2) is 58.5 Å². The van der Waals surface area contributed by atoms with Gasteiger partial charge in [-0.3, -0.25) is 9.89 Å². The molecule has 2 unspecified atom stereocenters. The Kier molecular flexibility index (Phi) is 9.40. The molecular weight excluding hydrogens is 511 g/mol. The number of nitrogens with one attached hydrogen (secondary N) is 1. The second-order valence-electron chi connectivity index (χ2n) is 9.42. The molecule has 2 atom stereocenters. The van der Waals surface area contributed by atoms with E-state index in [0.717, 1.165) is 44.5 Å². The van der Waals surface area contributed by atoms with Gasteiger partial charge in [-0.15, -0.1) is 24.0 Å². The van der Waals surface area contributed by atoms with Crippen molar-refractivity contribution >= 4 is 29.9 Å². The second kappa shape index (κ2) is 12.0. The van der Waals surface area contributed by atoms with Crippen LogP contribution in [0.2, 0.25) is 0 Å². The third-order valence-electron chi connectivity index (χ3n) is 7.16. The van der Waals surface area contributed by atoms with Crippen molar-refractivity contribution in [3.05, 3.63) is 54.1 Å². The van der Waals surface area contributed by atoms with Gasteiger partial charge >= 0.3 is 0 Å². The summed E-state index contributed by atoms with van der Waals surface area (Å²) in [7, 11) is 1.90. The van der Waals surface area contributed by atoms with Crippen LogP contribution in [0.4, 0.5) is 0 Å². The summed E-state index contributed by atoms with van der Waals surface area (Å²) >= 11 is 0. The smallest absolute Gasteiger partial charge is 0.193 e. The number of halogens is 1. The molecule has 1 aromatic heterocycles. The van der Waals surface area contributed by atoms with Gasteiger partial charge in [-0.25, -0.2) is 4.98 Å². The van der Waals surface area contributed by atoms with Crippen molar-refractivity contribution in [1.82, 2.24) is 24.7 Å². The highest BCUT2D eigenvalue weighted by atomic mass is 127. The van der Waals surface area contributed by atoms with Gasteiger partial charge in [0.05, 0.1) is 12.4 Å². The molecule has 2 aliphatic rings. The van der Waals surface area contributed by atoms with Crippen LogP contribution in [0, 0.1) is 11.8 Å². The van der Waals surface area contributed by atoms with Crippen LogP contribution >= 0.6 is 24.0 Å². The molecule has 0 spiro atoms. The van der Waals surface area contributed by atoms with Crippen molar-refractivity contribution in [2.24, 2.45) is 16.8 Å². The summed E-state index contributed by atoms with van der Waals surface area (Å²) < 4.78 is 2.25. The van der Waals surface area contributed by atoms with Gasteiger partial charge in [0.2, 0.25) is 0 Å². The average Bonchev–Trinajstić information content (AvgIpc) is 3.32. The molecule has 7 heteroatoms. The molecule has 0 aliphatic carbocycles. The number of guanidine groups is 1. The summed E-state index contributed by atoms with van der Waals surface area (Å²) in [5.74, 6) is 2.50. The van der Waals surface area contributed by atoms with Crippen molar-refractivity contribution in [1.29, 1.82) is 0 Å². The van der Waals surface area contributed by atoms with E-state index >= 15 is 0 Å². The van der Waals surface area contributed by atoms with E-state index in [4.69, 9.17) is 0 Å². The highest BCUT2D eigenvalue weighted by Crippen LogP contribution is 2.27. The molecule has 1 N–H and O–H groups in total. The normalized spacial score (nSPS) is 23.1. The Balaban J connectivity index is 0.00000289. The Morgan fingerprint density at radius 3 is 2.53 bits per heavy atom. The average molecular weight is 551 g/mol. The number of rotatable bonds is 5. The Bertz CT molecular complexity index is 844. The van der Waals surface area contributed by atoms with E-state index in [0.29, 0.717) is 12.0 Å². The predicted molar refractivity (Wildman–Crippen MR) is 142 cm³/mol. The van der Waals surface area contributed by atoms with Gasteiger partial charge in [-0.1, -0.05) is 38.1 Å². The van der Waals surface area contributed by atoms with Crippen LogP contribution in [-0.2, 0) is 13.1 Å². The quantitative estimate of drug-likeness (QED) is 0.341. The third kappa shape index (κ3) is 6.25. The van der Waals surface area contributed by atoms with E-state index in [-0.39, 0.29) is 24.0 Å². The van der Waals surface area contributed by atoms with Crippen LogP contribution < -0.4 is 5.32 Å². The van der Waals surface area contributed by atoms with E-state index in [1.165, 1.54) is 37.1 Å². The summed E-state index contributed by atoms with van der Waals surface area (Å²) in [6, 6.07) is 9.30. The molecule has 0 radical (unpaired) electrons. The minimum absolute atomic E-state index is 0. The molecule has 2 aliphatic heterocycles. The zero-order valence-electron chi connectivity index (χ0n) is 19.8. The first-order valence-corrected chi connectivity index (χ1v) is 11.9. The van der Waals surface area contributed by atoms with Crippen molar-refractivity contribution in [2.75, 3.05) is 33.2 Å². The van der Waals surface area contributed by atoms with Crippen LogP contribution in [0.1, 0.15) is 50.3 Å². The highest BCUT2D eigenvalue weighted by Gasteiger charge is 2.29. The number of nitrogens with zero attached hydrogens (tertiary/aromatic N) is 5. The van der Waals surface area contributed by atoms with Gasteiger partial charge in [0, 0.05) is 45.6 Å². The largest absolute Gasteiger partial charge is 0.352 e. The number of benzene rings is 1. The molecule has 0 saturated carbocycles. The lowest BCUT2D eigenvalue weighted by Gasteiger charge is -2.39. The van der Waals surface area contributed by atoms with E-state index in [1.807, 2.05) is 19.6 Å². The highest BCUT2D eigenvalue weighted by molar-refractivity contribution is 14.0. The molecule has 176 valence electrons. The molecule has 2 saturated heterocycles. The Morgan fingerprint density at radius 2 is 1.84 bits per heavy atom. The fourth-order valence-electron chi connectivity index (χ4n) is 4.95. The summed E-state index contributed by atoms with van der Waals surface area (Å²) in [6.45, 7) is 11.0. The monoisotopic (exact) mass is 550 g/mol. The number of piperidine rings is 2. The van der Waals surface area contributed by atoms with Crippen LogP contribution in [0.5, 0.6) is 0 Å². The van der Waals surface area contributed by atoms with Gasteiger partial charge < -0.3 is 14.8 Å². The fourth-order valence-corrected chi connectivity index (χ4v) is 4.95. The van der Waals surface area contributed by atoms with Gasteiger partial charge in [0.1, 0.15) is 0 Å². The van der Waals surface area contributed by atoms with Crippen molar-refractivity contribution in [3.63, 3.8) is 0 Å². The molecule has 3 heterocycles. The topological polar surface area (TPSA) is 48.7 Å². The lowest BCUT2D eigenvalue weighted by atomic mass is 9.93. The molecule has 0 bridgehead atoms. The summed E-state index contributed by atoms with van der Waals surface area (Å²) in [5.41, 5.74) is 2.81. The standard InChI is InChI=1S/C25H38N6.HI/c1-20-8-12-29(13-9-20)17-23-7-5-4-6-22(23)16-28-25(26-3)30-14-10-21(2)24(18-30)31-15-11-27-19-31;/h4-7,11,15,19-21,24H,8-10,12-14,16-18H2,1-3H3,(H,26,28);1H. The Labute approximate surface area is 210 Å². The molecule has 6 nitrogen and oxygen atoms in total. The third-order valence-corrected chi connectivity index (χ3v) is 7.16. The van der Waals surface area contributed by atoms with Gasteiger partial charge in [0.15, 0.2) is 5.96 Å². The number of aromatic nitrogens is 2. The maximum atomic E-state index is 4.62. The number of hydrogen-bond acceptors (Lipinski definition) is 3. The molecule has 32 heavy (non-hydrogen) atoms. The summed E-state index contributed by atoms with van der Waals surface area (Å²) in [4.78, 5) is 13.9. The lowest BCUT2D eigenvalue weighted by molar-refractivity contribution is 0.184. The maximum Gasteiger partial charge on any atom is 0.193 e. The minimum Gasteiger partial charge on any atom is -0.352 e. The maximum absolute atomic E-state index is 4.62. The zero-order valence-corrected chi connectivity index (χ0v) is 22.1. The van der Waals surface area contributed by atoms with Crippen LogP contribution in [0.25, 0.3) is 0 Å². The van der Waals surface area contributed by atoms with Crippen molar-refractivity contribution in [3.8, 4) is 0 Å². The van der Waals surface area contributed by atoms with E-state index < -0.39 is 0 Å². The summed E-state index contributed by atoms with van der Waals surface area (Å²) in [5, 5.41) is 3.65. The van der Waals surface area contributed by atoms with Gasteiger partial charge in [-0.2, -0.15) is 0 Å². The van der Waals surface area contributed by atoms with E-state index in [9.17, 15) is 0 Å². The van der Waals surface area contributed by atoms with Crippen LogP contribution in [0.3, 0.4) is 0 Å². The van der Waals surface area contributed by atoms with Crippen molar-refractivity contribution in [2.45, 2.75) is 52.2 Å². The predicted octanol–water partition coefficient (Wildman–Crippen LogP) is 4.39.